The minimum atomic E-state index is -1.04. The molecule has 11 nitrogen and oxygen atoms in total. The molecule has 226 valence electrons. The van der Waals surface area contributed by atoms with Gasteiger partial charge >= 0.3 is 11.9 Å². The van der Waals surface area contributed by atoms with Crippen molar-refractivity contribution < 1.29 is 33.9 Å². The molecule has 1 heterocycles. The summed E-state index contributed by atoms with van der Waals surface area (Å²) < 4.78 is 11.0. The van der Waals surface area contributed by atoms with Crippen LogP contribution >= 0.6 is 0 Å². The van der Waals surface area contributed by atoms with E-state index in [0.29, 0.717) is 17.0 Å². The molecular formula is C33H31N3O8. The van der Waals surface area contributed by atoms with Crippen molar-refractivity contribution in [1.82, 2.24) is 10.6 Å². The van der Waals surface area contributed by atoms with Gasteiger partial charge in [0.05, 0.1) is 34.1 Å². The molecule has 0 bridgehead atoms. The van der Waals surface area contributed by atoms with Gasteiger partial charge in [0, 0.05) is 23.5 Å². The summed E-state index contributed by atoms with van der Waals surface area (Å²) in [6.45, 7) is 2.96. The van der Waals surface area contributed by atoms with Crippen LogP contribution in [0.2, 0.25) is 0 Å². The second-order valence-electron chi connectivity index (χ2n) is 9.81. The fourth-order valence-corrected chi connectivity index (χ4v) is 4.78. The van der Waals surface area contributed by atoms with Crippen LogP contribution in [0.3, 0.4) is 0 Å². The summed E-state index contributed by atoms with van der Waals surface area (Å²) in [6, 6.07) is 21.2. The normalized spacial score (nSPS) is 14.6. The molecule has 0 spiro atoms. The lowest BCUT2D eigenvalue weighted by Crippen LogP contribution is -2.34. The van der Waals surface area contributed by atoms with Crippen molar-refractivity contribution in [2.24, 2.45) is 0 Å². The number of phenolic OH excluding ortho intramolecular Hbond substituents is 1. The van der Waals surface area contributed by atoms with Crippen LogP contribution in [0.5, 0.6) is 5.75 Å². The summed E-state index contributed by atoms with van der Waals surface area (Å²) in [4.78, 5) is 50.3. The molecule has 1 aliphatic heterocycles. The quantitative estimate of drug-likeness (QED) is 0.123. The number of carbonyl (C=O) groups is 3. The molecule has 0 saturated carbocycles. The molecule has 1 atom stereocenters. The van der Waals surface area contributed by atoms with Crippen LogP contribution in [-0.4, -0.2) is 47.6 Å². The Labute approximate surface area is 253 Å². The zero-order valence-corrected chi connectivity index (χ0v) is 24.1. The Morgan fingerprint density at radius 1 is 0.932 bits per heavy atom. The number of nitro groups is 1. The summed E-state index contributed by atoms with van der Waals surface area (Å²) >= 11 is 0. The number of hydrogen-bond acceptors (Lipinski definition) is 9. The Kier molecular flexibility index (Phi) is 10.3. The van der Waals surface area contributed by atoms with E-state index < -0.39 is 28.7 Å². The third kappa shape index (κ3) is 7.57. The number of nitrogens with zero attached hydrogens (tertiary/aromatic N) is 1. The van der Waals surface area contributed by atoms with Crippen LogP contribution in [0.4, 0.5) is 5.69 Å². The number of aromatic hydroxyl groups is 1. The first-order chi connectivity index (χ1) is 21.2. The summed E-state index contributed by atoms with van der Waals surface area (Å²) in [6.07, 6.45) is 3.48. The number of allylic oxidation sites excluding steroid dienone is 2. The molecule has 4 rings (SSSR count). The van der Waals surface area contributed by atoms with Gasteiger partial charge in [-0.15, -0.1) is 0 Å². The van der Waals surface area contributed by atoms with E-state index in [1.807, 2.05) is 30.3 Å². The Bertz CT molecular complexity index is 1660. The number of hydrogen-bond donors (Lipinski definition) is 3. The van der Waals surface area contributed by atoms with Crippen molar-refractivity contribution >= 4 is 29.6 Å². The van der Waals surface area contributed by atoms with Gasteiger partial charge in [-0.1, -0.05) is 60.7 Å². The molecule has 44 heavy (non-hydrogen) atoms. The molecule has 3 aromatic rings. The number of carbonyl (C=O) groups excluding carboxylic acids is 3. The van der Waals surface area contributed by atoms with Crippen molar-refractivity contribution in [3.8, 4) is 5.75 Å². The van der Waals surface area contributed by atoms with Crippen LogP contribution in [-0.2, 0) is 19.1 Å². The lowest BCUT2D eigenvalue weighted by molar-refractivity contribution is -0.384. The van der Waals surface area contributed by atoms with E-state index in [2.05, 4.69) is 10.6 Å². The van der Waals surface area contributed by atoms with Crippen LogP contribution in [0, 0.1) is 10.1 Å². The van der Waals surface area contributed by atoms with E-state index in [0.717, 1.165) is 5.56 Å². The first-order valence-corrected chi connectivity index (χ1v) is 13.7. The Morgan fingerprint density at radius 3 is 2.27 bits per heavy atom. The highest BCUT2D eigenvalue weighted by Crippen LogP contribution is 2.40. The Morgan fingerprint density at radius 2 is 1.59 bits per heavy atom. The molecule has 3 aromatic carbocycles. The number of esters is 2. The van der Waals surface area contributed by atoms with Gasteiger partial charge in [-0.25, -0.2) is 9.59 Å². The lowest BCUT2D eigenvalue weighted by atomic mass is 9.80. The van der Waals surface area contributed by atoms with E-state index in [9.17, 15) is 29.6 Å². The Balaban J connectivity index is 1.54. The number of phenols is 1. The molecule has 0 saturated heterocycles. The number of nitrogens with one attached hydrogen (secondary N) is 2. The first kappa shape index (κ1) is 31.2. The summed E-state index contributed by atoms with van der Waals surface area (Å²) in [7, 11) is 0. The fourth-order valence-electron chi connectivity index (χ4n) is 4.78. The van der Waals surface area contributed by atoms with Crippen LogP contribution < -0.4 is 10.6 Å². The minimum absolute atomic E-state index is 0.0503. The van der Waals surface area contributed by atoms with Gasteiger partial charge < -0.3 is 25.2 Å². The third-order valence-electron chi connectivity index (χ3n) is 6.80. The van der Waals surface area contributed by atoms with E-state index >= 15 is 0 Å². The first-order valence-electron chi connectivity index (χ1n) is 13.7. The fraction of sp³-hybridized carbons (Fsp3) is 0.182. The van der Waals surface area contributed by atoms with Gasteiger partial charge in [-0.2, -0.15) is 0 Å². The number of ether oxygens (including phenoxy) is 2. The highest BCUT2D eigenvalue weighted by molar-refractivity contribution is 6.00. The molecule has 1 amide bonds. The monoisotopic (exact) mass is 597 g/mol. The van der Waals surface area contributed by atoms with Crippen LogP contribution in [0.15, 0.2) is 107 Å². The average molecular weight is 598 g/mol. The molecule has 0 aromatic heterocycles. The molecule has 0 unspecified atom stereocenters. The van der Waals surface area contributed by atoms with Crippen molar-refractivity contribution in [3.63, 3.8) is 0 Å². The zero-order valence-electron chi connectivity index (χ0n) is 24.1. The largest absolute Gasteiger partial charge is 0.507 e. The molecular weight excluding hydrogens is 566 g/mol. The molecule has 11 heteroatoms. The highest BCUT2D eigenvalue weighted by atomic mass is 16.6. The van der Waals surface area contributed by atoms with Gasteiger partial charge in [-0.3, -0.25) is 14.9 Å². The maximum atomic E-state index is 13.5. The SMILES string of the molecule is CC1=C(C(=O)OC/C=C\c2ccccc2)[C@H](c2cccc([N+](=O)[O-])c2)C(C(=O)OCCNC(=O)c2ccccc2O)=C(C)N1. The van der Waals surface area contributed by atoms with E-state index in [-0.39, 0.29) is 47.9 Å². The highest BCUT2D eigenvalue weighted by Gasteiger charge is 2.38. The maximum Gasteiger partial charge on any atom is 0.337 e. The number of rotatable bonds is 11. The van der Waals surface area contributed by atoms with Gasteiger partial charge in [0.15, 0.2) is 0 Å². The number of non-ortho nitro benzene ring substituents is 1. The standard InChI is InChI=1S/C33H31N3O8/c1-21-28(32(39)43-18-9-12-23-10-4-3-5-11-23)30(24-13-8-14-25(20-24)36(41)42)29(22(2)35-21)33(40)44-19-17-34-31(38)26-15-6-7-16-27(26)37/h3-16,20,30,35,37H,17-19H2,1-2H3,(H,34,38)/b12-9-/t30-/m0/s1. The van der Waals surface area contributed by atoms with Crippen LogP contribution in [0.25, 0.3) is 6.08 Å². The molecule has 3 N–H and O–H groups in total. The topological polar surface area (TPSA) is 157 Å². The maximum absolute atomic E-state index is 13.5. The van der Waals surface area contributed by atoms with E-state index in [1.165, 1.54) is 30.3 Å². The number of amides is 1. The van der Waals surface area contributed by atoms with Crippen LogP contribution in [0.1, 0.15) is 41.3 Å². The van der Waals surface area contributed by atoms with Gasteiger partial charge in [0.1, 0.15) is 19.0 Å². The molecule has 0 fully saturated rings. The summed E-state index contributed by atoms with van der Waals surface area (Å²) in [5.74, 6) is -3.27. The second-order valence-corrected chi connectivity index (χ2v) is 9.81. The van der Waals surface area contributed by atoms with Crippen molar-refractivity contribution in [2.45, 2.75) is 19.8 Å². The van der Waals surface area contributed by atoms with Gasteiger partial charge in [-0.05, 0) is 43.2 Å². The number of nitro benzene ring substituents is 1. The number of dihydropyridines is 1. The van der Waals surface area contributed by atoms with Crippen molar-refractivity contribution in [3.05, 3.63) is 134 Å². The minimum Gasteiger partial charge on any atom is -0.507 e. The predicted molar refractivity (Wildman–Crippen MR) is 162 cm³/mol. The van der Waals surface area contributed by atoms with Crippen molar-refractivity contribution in [1.29, 1.82) is 0 Å². The molecule has 1 aliphatic rings. The smallest absolute Gasteiger partial charge is 0.337 e. The lowest BCUT2D eigenvalue weighted by Gasteiger charge is -2.30. The number of benzene rings is 3. The second kappa shape index (κ2) is 14.5. The van der Waals surface area contributed by atoms with Gasteiger partial charge in [0.25, 0.3) is 11.6 Å². The number of para-hydroxylation sites is 1. The van der Waals surface area contributed by atoms with Gasteiger partial charge in [0.2, 0.25) is 0 Å². The van der Waals surface area contributed by atoms with E-state index in [1.54, 1.807) is 44.2 Å². The Hall–Kier alpha value is -5.71. The predicted octanol–water partition coefficient (Wildman–Crippen LogP) is 4.77. The summed E-state index contributed by atoms with van der Waals surface area (Å²) in [5.41, 5.74) is 2.08. The summed E-state index contributed by atoms with van der Waals surface area (Å²) in [5, 5.41) is 27.1. The molecule has 0 radical (unpaired) electrons. The third-order valence-corrected chi connectivity index (χ3v) is 6.80. The molecule has 0 aliphatic carbocycles. The average Bonchev–Trinajstić information content (AvgIpc) is 3.01. The van der Waals surface area contributed by atoms with E-state index in [4.69, 9.17) is 9.47 Å². The zero-order chi connectivity index (χ0) is 31.6. The van der Waals surface area contributed by atoms with Crippen molar-refractivity contribution in [2.75, 3.05) is 19.8 Å².